The number of anilines is 3. The average Bonchev–Trinajstić information content (AvgIpc) is 3.01. The third-order valence-corrected chi connectivity index (χ3v) is 6.59. The number of primary sulfonamides is 1. The first kappa shape index (κ1) is 22.4. The summed E-state index contributed by atoms with van der Waals surface area (Å²) in [5, 5.41) is 8.71. The van der Waals surface area contributed by atoms with Gasteiger partial charge >= 0.3 is 5.97 Å². The molecule has 2 aromatic rings. The van der Waals surface area contributed by atoms with Gasteiger partial charge in [0.15, 0.2) is 5.13 Å². The maximum absolute atomic E-state index is 12.0. The summed E-state index contributed by atoms with van der Waals surface area (Å²) in [5.74, 6) is 0.714. The smallest absolute Gasteiger partial charge is 0.350 e. The number of ether oxygens (including phenoxy) is 1. The standard InChI is InChI=1S/C18H26N6O4S2/c1-4-28-16(25)14-12(3)21-18(29-14)23-17-20-11(2)13-7-5-8-24(15(13)22-17)9-6-10-30(19,26)27/h4-10H2,1-3H3,(H2,19,26,27)(H,20,21,22,23). The zero-order valence-electron chi connectivity index (χ0n) is 17.3. The molecule has 1 aliphatic heterocycles. The fraction of sp³-hybridized carbons (Fsp3) is 0.556. The Morgan fingerprint density at radius 2 is 2.03 bits per heavy atom. The molecule has 3 rings (SSSR count). The lowest BCUT2D eigenvalue weighted by Gasteiger charge is -2.31. The SMILES string of the molecule is CCOC(=O)c1sc(Nc2nc(C)c3c(n2)N(CCCS(N)(=O)=O)CCC3)nc1C. The molecule has 1 aliphatic rings. The van der Waals surface area contributed by atoms with Gasteiger partial charge in [-0.15, -0.1) is 0 Å². The van der Waals surface area contributed by atoms with Crippen LogP contribution in [0.15, 0.2) is 0 Å². The summed E-state index contributed by atoms with van der Waals surface area (Å²) in [7, 11) is -3.49. The van der Waals surface area contributed by atoms with Gasteiger partial charge < -0.3 is 9.64 Å². The first-order chi connectivity index (χ1) is 14.2. The van der Waals surface area contributed by atoms with Crippen molar-refractivity contribution in [1.29, 1.82) is 0 Å². The summed E-state index contributed by atoms with van der Waals surface area (Å²) in [6.45, 7) is 7.07. The van der Waals surface area contributed by atoms with Crippen LogP contribution in [0.1, 0.15) is 46.4 Å². The number of aromatic nitrogens is 3. The van der Waals surface area contributed by atoms with Gasteiger partial charge in [0, 0.05) is 24.3 Å². The van der Waals surface area contributed by atoms with Crippen LogP contribution in [-0.4, -0.2) is 54.8 Å². The number of aryl methyl sites for hydroxylation is 2. The molecule has 10 nitrogen and oxygen atoms in total. The molecular formula is C18H26N6O4S2. The highest BCUT2D eigenvalue weighted by molar-refractivity contribution is 7.89. The summed E-state index contributed by atoms with van der Waals surface area (Å²) >= 11 is 1.19. The summed E-state index contributed by atoms with van der Waals surface area (Å²) in [5.41, 5.74) is 2.50. The second kappa shape index (κ2) is 9.23. The monoisotopic (exact) mass is 454 g/mol. The molecule has 0 aliphatic carbocycles. The number of fused-ring (bicyclic) bond motifs is 1. The van der Waals surface area contributed by atoms with Gasteiger partial charge in [-0.3, -0.25) is 5.32 Å². The van der Waals surface area contributed by atoms with Crippen LogP contribution in [0.3, 0.4) is 0 Å². The molecule has 0 radical (unpaired) electrons. The normalized spacial score (nSPS) is 13.8. The lowest BCUT2D eigenvalue weighted by Crippen LogP contribution is -2.33. The van der Waals surface area contributed by atoms with Crippen LogP contribution in [0.25, 0.3) is 0 Å². The third-order valence-electron chi connectivity index (χ3n) is 4.68. The Morgan fingerprint density at radius 3 is 2.73 bits per heavy atom. The molecule has 3 N–H and O–H groups in total. The molecule has 30 heavy (non-hydrogen) atoms. The van der Waals surface area contributed by atoms with Crippen molar-refractivity contribution in [3.8, 4) is 0 Å². The van der Waals surface area contributed by atoms with Crippen LogP contribution >= 0.6 is 11.3 Å². The fourth-order valence-electron chi connectivity index (χ4n) is 3.35. The summed E-state index contributed by atoms with van der Waals surface area (Å²) in [6, 6.07) is 0. The van der Waals surface area contributed by atoms with E-state index in [0.29, 0.717) is 41.2 Å². The second-order valence-electron chi connectivity index (χ2n) is 7.02. The molecule has 3 heterocycles. The molecule has 164 valence electrons. The average molecular weight is 455 g/mol. The van der Waals surface area contributed by atoms with E-state index in [9.17, 15) is 13.2 Å². The van der Waals surface area contributed by atoms with E-state index in [-0.39, 0.29) is 5.75 Å². The maximum Gasteiger partial charge on any atom is 0.350 e. The highest BCUT2D eigenvalue weighted by atomic mass is 32.2. The van der Waals surface area contributed by atoms with Crippen LogP contribution in [0, 0.1) is 13.8 Å². The molecule has 2 aromatic heterocycles. The number of nitrogens with one attached hydrogen (secondary N) is 1. The van der Waals surface area contributed by atoms with Gasteiger partial charge in [-0.1, -0.05) is 11.3 Å². The van der Waals surface area contributed by atoms with E-state index >= 15 is 0 Å². The van der Waals surface area contributed by atoms with E-state index in [1.165, 1.54) is 11.3 Å². The van der Waals surface area contributed by atoms with E-state index in [0.717, 1.165) is 36.5 Å². The van der Waals surface area contributed by atoms with Crippen molar-refractivity contribution in [2.45, 2.75) is 40.0 Å². The lowest BCUT2D eigenvalue weighted by molar-refractivity contribution is 0.0531. The highest BCUT2D eigenvalue weighted by Crippen LogP contribution is 2.30. The van der Waals surface area contributed by atoms with Gasteiger partial charge in [0.1, 0.15) is 10.7 Å². The minimum absolute atomic E-state index is 0.0664. The van der Waals surface area contributed by atoms with Crippen LogP contribution in [0.5, 0.6) is 0 Å². The van der Waals surface area contributed by atoms with Crippen molar-refractivity contribution in [3.63, 3.8) is 0 Å². The number of thiazole rings is 1. The fourth-order valence-corrected chi connectivity index (χ4v) is 4.73. The third kappa shape index (κ3) is 5.43. The Kier molecular flexibility index (Phi) is 6.88. The molecule has 0 saturated heterocycles. The summed E-state index contributed by atoms with van der Waals surface area (Å²) in [4.78, 5) is 28.1. The number of carbonyl (C=O) groups excluding carboxylic acids is 1. The molecule has 0 bridgehead atoms. The molecule has 0 fully saturated rings. The zero-order valence-corrected chi connectivity index (χ0v) is 18.9. The van der Waals surface area contributed by atoms with Crippen molar-refractivity contribution >= 4 is 44.2 Å². The van der Waals surface area contributed by atoms with Gasteiger partial charge in [0.25, 0.3) is 0 Å². The summed E-state index contributed by atoms with van der Waals surface area (Å²) in [6.07, 6.45) is 2.25. The molecule has 0 spiro atoms. The molecular weight excluding hydrogens is 428 g/mol. The molecule has 0 saturated carbocycles. The number of hydrogen-bond acceptors (Lipinski definition) is 10. The number of esters is 1. The zero-order chi connectivity index (χ0) is 21.9. The van der Waals surface area contributed by atoms with Crippen molar-refractivity contribution in [2.75, 3.05) is 35.7 Å². The van der Waals surface area contributed by atoms with Gasteiger partial charge in [0.05, 0.1) is 18.1 Å². The van der Waals surface area contributed by atoms with Crippen molar-refractivity contribution < 1.29 is 17.9 Å². The number of hydrogen-bond donors (Lipinski definition) is 2. The second-order valence-corrected chi connectivity index (χ2v) is 9.76. The molecule has 0 atom stereocenters. The van der Waals surface area contributed by atoms with Gasteiger partial charge in [-0.05, 0) is 40.0 Å². The number of nitrogens with two attached hydrogens (primary N) is 1. The quantitative estimate of drug-likeness (QED) is 0.572. The molecule has 0 aromatic carbocycles. The lowest BCUT2D eigenvalue weighted by atomic mass is 10.0. The Balaban J connectivity index is 1.81. The van der Waals surface area contributed by atoms with Crippen molar-refractivity contribution in [1.82, 2.24) is 15.0 Å². The minimum atomic E-state index is -3.49. The van der Waals surface area contributed by atoms with E-state index in [1.807, 2.05) is 6.92 Å². The van der Waals surface area contributed by atoms with E-state index < -0.39 is 16.0 Å². The van der Waals surface area contributed by atoms with Crippen LogP contribution in [0.4, 0.5) is 16.9 Å². The molecule has 0 unspecified atom stereocenters. The largest absolute Gasteiger partial charge is 0.462 e. The van der Waals surface area contributed by atoms with Crippen molar-refractivity contribution in [3.05, 3.63) is 21.8 Å². The minimum Gasteiger partial charge on any atom is -0.462 e. The molecule has 12 heteroatoms. The predicted molar refractivity (Wildman–Crippen MR) is 116 cm³/mol. The Labute approximate surface area is 179 Å². The van der Waals surface area contributed by atoms with E-state index in [1.54, 1.807) is 13.8 Å². The Hall–Kier alpha value is -2.31. The van der Waals surface area contributed by atoms with Gasteiger partial charge in [0.2, 0.25) is 16.0 Å². The predicted octanol–water partition coefficient (Wildman–Crippen LogP) is 1.90. The van der Waals surface area contributed by atoms with Crippen molar-refractivity contribution in [2.24, 2.45) is 5.14 Å². The Bertz CT molecular complexity index is 1040. The number of nitrogens with zero attached hydrogens (tertiary/aromatic N) is 4. The number of rotatable bonds is 8. The Morgan fingerprint density at radius 1 is 1.27 bits per heavy atom. The molecule has 0 amide bonds. The highest BCUT2D eigenvalue weighted by Gasteiger charge is 2.23. The van der Waals surface area contributed by atoms with Crippen LogP contribution in [-0.2, 0) is 21.2 Å². The first-order valence-corrected chi connectivity index (χ1v) is 12.3. The topological polar surface area (TPSA) is 140 Å². The number of carbonyl (C=O) groups is 1. The van der Waals surface area contributed by atoms with Crippen LogP contribution < -0.4 is 15.4 Å². The van der Waals surface area contributed by atoms with Crippen LogP contribution in [0.2, 0.25) is 0 Å². The maximum atomic E-state index is 12.0. The first-order valence-electron chi connectivity index (χ1n) is 9.72. The van der Waals surface area contributed by atoms with Gasteiger partial charge in [-0.2, -0.15) is 4.98 Å². The van der Waals surface area contributed by atoms with E-state index in [2.05, 4.69) is 25.2 Å². The number of sulfonamides is 1. The summed E-state index contributed by atoms with van der Waals surface area (Å²) < 4.78 is 27.5. The van der Waals surface area contributed by atoms with E-state index in [4.69, 9.17) is 9.88 Å². The van der Waals surface area contributed by atoms with Gasteiger partial charge in [-0.25, -0.2) is 28.3 Å².